The molecular weight excluding hydrogens is 314 g/mol. The minimum atomic E-state index is -0.693. The van der Waals surface area contributed by atoms with Crippen molar-refractivity contribution in [2.45, 2.75) is 25.4 Å². The van der Waals surface area contributed by atoms with Crippen LogP contribution in [-0.2, 0) is 4.74 Å². The van der Waals surface area contributed by atoms with Gasteiger partial charge < -0.3 is 15.0 Å². The van der Waals surface area contributed by atoms with Crippen LogP contribution in [0.1, 0.15) is 28.9 Å². The number of hydrogen-bond donors (Lipinski definition) is 2. The number of piperidine rings is 1. The fourth-order valence-corrected chi connectivity index (χ4v) is 3.40. The molecule has 1 spiro atoms. The number of likely N-dealkylation sites (tertiary alicyclic amines) is 1. The van der Waals surface area contributed by atoms with Crippen LogP contribution < -0.4 is 10.9 Å². The SMILES string of the molecule is Cc1cc2ncc(C(=O)N3CCC[C@@]4(CNC(=O)O4)C3)c(=O)n2[nH]1. The van der Waals surface area contributed by atoms with Crippen LogP contribution in [0.3, 0.4) is 0 Å². The molecule has 2 amide bonds. The lowest BCUT2D eigenvalue weighted by Gasteiger charge is -2.38. The standard InChI is InChI=1S/C15H17N5O4/c1-9-5-11-16-6-10(13(22)20(11)18-9)12(21)19-4-2-3-15(8-19)7-17-14(23)24-15/h5-6,18H,2-4,7-8H2,1H3,(H,17,23)/t15-/m1/s1. The highest BCUT2D eigenvalue weighted by Crippen LogP contribution is 2.28. The summed E-state index contributed by atoms with van der Waals surface area (Å²) in [6.45, 7) is 2.98. The van der Waals surface area contributed by atoms with Gasteiger partial charge in [0.05, 0.1) is 13.1 Å². The number of ether oxygens (including phenoxy) is 1. The Balaban J connectivity index is 1.65. The number of aryl methyl sites for hydroxylation is 1. The number of nitrogens with one attached hydrogen (secondary N) is 2. The molecule has 0 aromatic carbocycles. The summed E-state index contributed by atoms with van der Waals surface area (Å²) < 4.78 is 6.62. The van der Waals surface area contributed by atoms with Gasteiger partial charge >= 0.3 is 6.09 Å². The smallest absolute Gasteiger partial charge is 0.407 e. The average molecular weight is 331 g/mol. The maximum absolute atomic E-state index is 12.8. The van der Waals surface area contributed by atoms with Crippen molar-refractivity contribution >= 4 is 17.6 Å². The van der Waals surface area contributed by atoms with E-state index in [2.05, 4.69) is 15.4 Å². The van der Waals surface area contributed by atoms with E-state index >= 15 is 0 Å². The van der Waals surface area contributed by atoms with Crippen LogP contribution in [-0.4, -0.2) is 56.7 Å². The first-order valence-corrected chi connectivity index (χ1v) is 7.81. The Morgan fingerprint density at radius 1 is 1.42 bits per heavy atom. The van der Waals surface area contributed by atoms with E-state index in [9.17, 15) is 14.4 Å². The molecule has 0 saturated carbocycles. The Kier molecular flexibility index (Phi) is 3.12. The van der Waals surface area contributed by atoms with E-state index in [0.717, 1.165) is 5.69 Å². The molecule has 4 rings (SSSR count). The Bertz CT molecular complexity index is 901. The van der Waals surface area contributed by atoms with E-state index in [0.29, 0.717) is 31.6 Å². The highest BCUT2D eigenvalue weighted by Gasteiger charge is 2.45. The van der Waals surface area contributed by atoms with Gasteiger partial charge in [0.25, 0.3) is 11.5 Å². The summed E-state index contributed by atoms with van der Waals surface area (Å²) in [4.78, 5) is 42.4. The summed E-state index contributed by atoms with van der Waals surface area (Å²) in [5.41, 5.74) is 0.132. The van der Waals surface area contributed by atoms with Crippen molar-refractivity contribution in [2.24, 2.45) is 0 Å². The summed E-state index contributed by atoms with van der Waals surface area (Å²) in [6, 6.07) is 1.73. The van der Waals surface area contributed by atoms with Crippen LogP contribution in [0.4, 0.5) is 4.79 Å². The lowest BCUT2D eigenvalue weighted by molar-refractivity contribution is -0.00513. The number of alkyl carbamates (subject to hydrolysis) is 1. The van der Waals surface area contributed by atoms with Gasteiger partial charge in [-0.25, -0.2) is 14.3 Å². The van der Waals surface area contributed by atoms with Gasteiger partial charge in [-0.15, -0.1) is 0 Å². The highest BCUT2D eigenvalue weighted by molar-refractivity contribution is 5.94. The zero-order chi connectivity index (χ0) is 16.9. The van der Waals surface area contributed by atoms with Gasteiger partial charge in [-0.05, 0) is 19.8 Å². The molecule has 2 aliphatic rings. The molecule has 1 atom stereocenters. The Labute approximate surface area is 136 Å². The molecule has 24 heavy (non-hydrogen) atoms. The molecule has 2 N–H and O–H groups in total. The van der Waals surface area contributed by atoms with Crippen molar-refractivity contribution in [1.82, 2.24) is 24.8 Å². The average Bonchev–Trinajstić information content (AvgIpc) is 3.10. The fourth-order valence-electron chi connectivity index (χ4n) is 3.40. The Hall–Kier alpha value is -2.84. The molecule has 0 radical (unpaired) electrons. The molecule has 9 heteroatoms. The molecule has 2 saturated heterocycles. The summed E-state index contributed by atoms with van der Waals surface area (Å²) in [5.74, 6) is -0.392. The van der Waals surface area contributed by atoms with Crippen LogP contribution >= 0.6 is 0 Å². The third-order valence-electron chi connectivity index (χ3n) is 4.54. The molecule has 2 aromatic rings. The topological polar surface area (TPSA) is 109 Å². The number of fused-ring (bicyclic) bond motifs is 1. The molecule has 126 valence electrons. The lowest BCUT2D eigenvalue weighted by atomic mass is 9.92. The van der Waals surface area contributed by atoms with E-state index in [4.69, 9.17) is 4.74 Å². The van der Waals surface area contributed by atoms with Crippen molar-refractivity contribution in [3.63, 3.8) is 0 Å². The van der Waals surface area contributed by atoms with E-state index in [1.807, 2.05) is 6.92 Å². The number of aromatic nitrogens is 3. The Morgan fingerprint density at radius 2 is 2.25 bits per heavy atom. The maximum atomic E-state index is 12.8. The van der Waals surface area contributed by atoms with E-state index < -0.39 is 23.2 Å². The van der Waals surface area contributed by atoms with Crippen molar-refractivity contribution in [1.29, 1.82) is 0 Å². The normalized spacial score (nSPS) is 23.5. The summed E-state index contributed by atoms with van der Waals surface area (Å²) in [7, 11) is 0. The molecule has 9 nitrogen and oxygen atoms in total. The number of hydrogen-bond acceptors (Lipinski definition) is 5. The number of carbonyl (C=O) groups is 2. The third-order valence-corrected chi connectivity index (χ3v) is 4.54. The van der Waals surface area contributed by atoms with Gasteiger partial charge in [0.15, 0.2) is 5.65 Å². The van der Waals surface area contributed by atoms with Gasteiger partial charge in [0.1, 0.15) is 11.2 Å². The first-order valence-electron chi connectivity index (χ1n) is 7.81. The number of carbonyl (C=O) groups excluding carboxylic acids is 2. The van der Waals surface area contributed by atoms with Gasteiger partial charge in [-0.2, -0.15) is 0 Å². The van der Waals surface area contributed by atoms with Crippen molar-refractivity contribution in [2.75, 3.05) is 19.6 Å². The molecule has 2 aromatic heterocycles. The summed E-state index contributed by atoms with van der Waals surface area (Å²) in [6.07, 6.45) is 2.25. The van der Waals surface area contributed by atoms with Crippen LogP contribution in [0.25, 0.3) is 5.65 Å². The van der Waals surface area contributed by atoms with Gasteiger partial charge in [-0.1, -0.05) is 0 Å². The number of H-pyrrole nitrogens is 1. The molecule has 0 bridgehead atoms. The molecular formula is C15H17N5O4. The van der Waals surface area contributed by atoms with Crippen molar-refractivity contribution < 1.29 is 14.3 Å². The molecule has 0 aliphatic carbocycles. The fraction of sp³-hybridized carbons (Fsp3) is 0.467. The van der Waals surface area contributed by atoms with Crippen molar-refractivity contribution in [3.05, 3.63) is 33.9 Å². The maximum Gasteiger partial charge on any atom is 0.407 e. The first kappa shape index (κ1) is 14.7. The second kappa shape index (κ2) is 5.08. The van der Waals surface area contributed by atoms with E-state index in [-0.39, 0.29) is 12.1 Å². The van der Waals surface area contributed by atoms with Crippen LogP contribution in [0.15, 0.2) is 17.1 Å². The number of amides is 2. The minimum Gasteiger partial charge on any atom is -0.439 e. The van der Waals surface area contributed by atoms with Gasteiger partial charge in [0.2, 0.25) is 0 Å². The third kappa shape index (κ3) is 2.24. The zero-order valence-corrected chi connectivity index (χ0v) is 13.2. The molecule has 2 aliphatic heterocycles. The first-order chi connectivity index (χ1) is 11.5. The number of nitrogens with zero attached hydrogens (tertiary/aromatic N) is 3. The van der Waals surface area contributed by atoms with Crippen LogP contribution in [0, 0.1) is 6.92 Å². The largest absolute Gasteiger partial charge is 0.439 e. The van der Waals surface area contributed by atoms with Crippen molar-refractivity contribution in [3.8, 4) is 0 Å². The zero-order valence-electron chi connectivity index (χ0n) is 13.2. The second-order valence-electron chi connectivity index (χ2n) is 6.37. The predicted molar refractivity (Wildman–Crippen MR) is 82.9 cm³/mol. The number of rotatable bonds is 1. The van der Waals surface area contributed by atoms with E-state index in [1.165, 1.54) is 10.7 Å². The van der Waals surface area contributed by atoms with Gasteiger partial charge in [-0.3, -0.25) is 14.7 Å². The highest BCUT2D eigenvalue weighted by atomic mass is 16.6. The summed E-state index contributed by atoms with van der Waals surface area (Å²) >= 11 is 0. The van der Waals surface area contributed by atoms with Gasteiger partial charge in [0, 0.05) is 24.5 Å². The monoisotopic (exact) mass is 331 g/mol. The summed E-state index contributed by atoms with van der Waals surface area (Å²) in [5, 5.41) is 5.51. The Morgan fingerprint density at radius 3 is 3.00 bits per heavy atom. The van der Waals surface area contributed by atoms with E-state index in [1.54, 1.807) is 11.0 Å². The van der Waals surface area contributed by atoms with Crippen LogP contribution in [0.2, 0.25) is 0 Å². The van der Waals surface area contributed by atoms with Crippen LogP contribution in [0.5, 0.6) is 0 Å². The minimum absolute atomic E-state index is 0.00341. The molecule has 4 heterocycles. The lowest BCUT2D eigenvalue weighted by Crippen LogP contribution is -2.53. The number of aromatic amines is 1. The quantitative estimate of drug-likeness (QED) is 0.767. The molecule has 0 unspecified atom stereocenters. The molecule has 2 fully saturated rings. The second-order valence-corrected chi connectivity index (χ2v) is 6.37. The predicted octanol–water partition coefficient (Wildman–Crippen LogP) is 0.0456.